The third kappa shape index (κ3) is 10.8. The summed E-state index contributed by atoms with van der Waals surface area (Å²) in [4.78, 5) is 23.5. The molecule has 0 aliphatic carbocycles. The van der Waals surface area contributed by atoms with Crippen molar-refractivity contribution in [3.05, 3.63) is 36.0 Å². The predicted molar refractivity (Wildman–Crippen MR) is 116 cm³/mol. The summed E-state index contributed by atoms with van der Waals surface area (Å²) >= 11 is 0. The van der Waals surface area contributed by atoms with Crippen molar-refractivity contribution in [1.82, 2.24) is 4.98 Å². The first-order valence-corrected chi connectivity index (χ1v) is 7.44. The summed E-state index contributed by atoms with van der Waals surface area (Å²) in [7, 11) is -0.500. The smallest absolute Gasteiger partial charge is 0.137 e. The van der Waals surface area contributed by atoms with Crippen LogP contribution < -0.4 is 11.5 Å². The fraction of sp³-hybridized carbons (Fsp3) is 0.524. The van der Waals surface area contributed by atoms with E-state index in [1.165, 1.54) is 0 Å². The largest absolute Gasteiger partial charge is 0.361 e. The van der Waals surface area contributed by atoms with Crippen molar-refractivity contribution in [3.63, 3.8) is 0 Å². The van der Waals surface area contributed by atoms with Crippen LogP contribution in [-0.4, -0.2) is 29.6 Å². The Bertz CT molecular complexity index is 637. The van der Waals surface area contributed by atoms with Crippen LogP contribution in [0.4, 0.5) is 0 Å². The number of carbonyl (C=O) groups is 2. The molecule has 0 unspecified atom stereocenters. The van der Waals surface area contributed by atoms with E-state index in [1.807, 2.05) is 44.3 Å². The summed E-state index contributed by atoms with van der Waals surface area (Å²) in [5.41, 5.74) is 13.1. The minimum absolute atomic E-state index is 0. The summed E-state index contributed by atoms with van der Waals surface area (Å²) in [6.07, 6.45) is 4.87. The number of H-pyrrole nitrogens is 1. The highest BCUT2D eigenvalue weighted by Gasteiger charge is 2.06. The molecule has 2 atom stereocenters. The molecule has 2 aromatic rings. The Morgan fingerprint density at radius 3 is 2.08 bits per heavy atom. The van der Waals surface area contributed by atoms with Crippen LogP contribution in [0.3, 0.4) is 0 Å². The van der Waals surface area contributed by atoms with Crippen LogP contribution in [0, 0.1) is 5.92 Å². The third-order valence-electron chi connectivity index (χ3n) is 3.22. The number of nitrogens with one attached hydrogen (secondary N) is 1. The molecule has 1 heterocycles. The Hall–Kier alpha value is -1.98. The first kappa shape index (κ1) is 22.1. The van der Waals surface area contributed by atoms with Gasteiger partial charge in [-0.1, -0.05) is 61.7 Å². The van der Waals surface area contributed by atoms with E-state index >= 15 is 0 Å². The van der Waals surface area contributed by atoms with Crippen molar-refractivity contribution in [2.45, 2.75) is 68.4 Å². The van der Waals surface area contributed by atoms with Gasteiger partial charge < -0.3 is 26.0 Å². The summed E-state index contributed by atoms with van der Waals surface area (Å²) in [5.74, 6) is 0.523. The zero-order valence-corrected chi connectivity index (χ0v) is 14.6. The summed E-state index contributed by atoms with van der Waals surface area (Å²) in [5, 5.41) is 1.14. The van der Waals surface area contributed by atoms with Gasteiger partial charge in [-0.15, -0.1) is 0 Å². The molecule has 5 N–H and O–H groups in total. The number of hydrogen-bond acceptors (Lipinski definition) is 4. The average molecular weight is 376 g/mol. The van der Waals surface area contributed by atoms with Crippen molar-refractivity contribution in [2.75, 3.05) is 0 Å². The van der Waals surface area contributed by atoms with E-state index in [0.717, 1.165) is 35.5 Å². The van der Waals surface area contributed by atoms with E-state index in [9.17, 15) is 9.59 Å². The summed E-state index contributed by atoms with van der Waals surface area (Å²) in [6, 6.07) is 7.32. The number of nitrogens with two attached hydrogens (primary N) is 2. The minimum Gasteiger partial charge on any atom is -0.361 e. The molecule has 2 rings (SSSR count). The van der Waals surface area contributed by atoms with Crippen LogP contribution in [0.2, 0.25) is 0 Å². The zero-order chi connectivity index (χ0) is 21.9. The van der Waals surface area contributed by atoms with E-state index in [2.05, 4.69) is 4.98 Å². The predicted octanol–water partition coefficient (Wildman–Crippen LogP) is 4.34. The Balaban J connectivity index is -0.000000182. The molecular weight excluding hydrogens is 326 g/mol. The van der Waals surface area contributed by atoms with Crippen molar-refractivity contribution in [1.29, 1.82) is 0 Å². The molecule has 0 aliphatic rings. The van der Waals surface area contributed by atoms with Crippen LogP contribution in [0.15, 0.2) is 30.5 Å². The lowest BCUT2D eigenvalue weighted by molar-refractivity contribution is -0.109. The lowest BCUT2D eigenvalue weighted by Gasteiger charge is -2.04. The van der Waals surface area contributed by atoms with Crippen LogP contribution in [0.5, 0.6) is 0 Å². The van der Waals surface area contributed by atoms with Gasteiger partial charge in [-0.05, 0) is 30.4 Å². The molecule has 0 spiro atoms. The lowest BCUT2D eigenvalue weighted by Crippen LogP contribution is -2.23. The number of carbonyl (C=O) groups excluding carboxylic acids is 2. The van der Waals surface area contributed by atoms with Gasteiger partial charge in [0.15, 0.2) is 0 Å². The molecular formula is C21H41N3O2. The highest BCUT2D eigenvalue weighted by Crippen LogP contribution is 2.18. The van der Waals surface area contributed by atoms with Gasteiger partial charge in [0.25, 0.3) is 0 Å². The first-order valence-electron chi connectivity index (χ1n) is 10.3. The fourth-order valence-corrected chi connectivity index (χ4v) is 2.20. The standard InChI is InChI=1S/C11H12N2O.C6H13NO.4CH4/c12-9(7-14)5-8-6-13-11-4-2-1-3-10(8)11;1-5(2)3-6(7)4-8;;;;/h1-4,6-7,9,13H,5,12H2;4-6H,3,7H2,1-2H3;4*1H4/t9-;6-;;;;/m11..../s1/i;;2*1T2;;. The highest BCUT2D eigenvalue weighted by atomic mass is 16.1. The van der Waals surface area contributed by atoms with Gasteiger partial charge in [0.2, 0.25) is 0 Å². The van der Waals surface area contributed by atoms with Gasteiger partial charge in [-0.25, -0.2) is 0 Å². The normalized spacial score (nSPS) is 12.8. The molecule has 0 aliphatic heterocycles. The second kappa shape index (κ2) is 16.5. The number of para-hydroxylation sites is 1. The Morgan fingerprint density at radius 2 is 1.62 bits per heavy atom. The molecule has 0 saturated carbocycles. The van der Waals surface area contributed by atoms with Gasteiger partial charge in [-0.3, -0.25) is 0 Å². The van der Waals surface area contributed by atoms with E-state index in [-0.39, 0.29) is 35.7 Å². The van der Waals surface area contributed by atoms with E-state index < -0.39 is 6.04 Å². The second-order valence-corrected chi connectivity index (χ2v) is 5.79. The quantitative estimate of drug-likeness (QED) is 0.653. The Morgan fingerprint density at radius 1 is 1.08 bits per heavy atom. The summed E-state index contributed by atoms with van der Waals surface area (Å²) in [6.45, 7) is 4.09. The molecule has 5 heteroatoms. The molecule has 152 valence electrons. The number of aldehydes is 2. The molecule has 5 nitrogen and oxygen atoms in total. The van der Waals surface area contributed by atoms with E-state index in [0.29, 0.717) is 12.3 Å². The maximum Gasteiger partial charge on any atom is 0.137 e. The maximum absolute atomic E-state index is 10.4. The minimum atomic E-state index is -0.408. The number of fused-ring (bicyclic) bond motifs is 1. The maximum atomic E-state index is 10.4. The molecule has 0 fully saturated rings. The van der Waals surface area contributed by atoms with Gasteiger partial charge >= 0.3 is 0 Å². The van der Waals surface area contributed by atoms with Crippen molar-refractivity contribution >= 4 is 23.5 Å². The summed E-state index contributed by atoms with van der Waals surface area (Å²) < 4.78 is 23.5. The number of hydrogen-bond donors (Lipinski definition) is 3. The third-order valence-corrected chi connectivity index (χ3v) is 3.22. The lowest BCUT2D eigenvalue weighted by atomic mass is 10.1. The SMILES string of the molecule is C.C.CC(C)C[C@@H](N)C=O.N[C@@H](C=O)Cc1c[nH]c2ccccc12.[3H]C[3H].[3H]C[3H]. The van der Waals surface area contributed by atoms with Crippen LogP contribution >= 0.6 is 0 Å². The fourth-order valence-electron chi connectivity index (χ4n) is 2.20. The van der Waals surface area contributed by atoms with Crippen LogP contribution in [0.1, 0.15) is 60.9 Å². The second-order valence-electron chi connectivity index (χ2n) is 5.79. The van der Waals surface area contributed by atoms with Gasteiger partial charge in [0.1, 0.15) is 12.6 Å². The van der Waals surface area contributed by atoms with Crippen LogP contribution in [0.25, 0.3) is 10.9 Å². The number of aromatic amines is 1. The van der Waals surface area contributed by atoms with Gasteiger partial charge in [-0.2, -0.15) is 0 Å². The molecule has 0 radical (unpaired) electrons. The Labute approximate surface area is 166 Å². The molecule has 0 saturated heterocycles. The number of rotatable bonds is 6. The van der Waals surface area contributed by atoms with Crippen molar-refractivity contribution in [2.24, 2.45) is 17.4 Å². The highest BCUT2D eigenvalue weighted by molar-refractivity contribution is 5.83. The topological polar surface area (TPSA) is 102 Å². The van der Waals surface area contributed by atoms with E-state index in [1.54, 1.807) is 0 Å². The van der Waals surface area contributed by atoms with Gasteiger partial charge in [0, 0.05) is 22.6 Å². The van der Waals surface area contributed by atoms with Gasteiger partial charge in [0.05, 0.1) is 12.1 Å². The van der Waals surface area contributed by atoms with Crippen LogP contribution in [-0.2, 0) is 16.0 Å². The molecule has 0 amide bonds. The zero-order valence-electron chi connectivity index (χ0n) is 18.6. The first-order chi connectivity index (χ1) is 13.3. The number of aromatic nitrogens is 1. The molecule has 1 aromatic heterocycles. The molecule has 26 heavy (non-hydrogen) atoms. The number of benzene rings is 1. The Kier molecular flexibility index (Phi) is 14.0. The molecule has 1 aromatic carbocycles. The van der Waals surface area contributed by atoms with Crippen molar-refractivity contribution in [3.8, 4) is 0 Å². The van der Waals surface area contributed by atoms with Crippen molar-refractivity contribution < 1.29 is 15.1 Å². The molecule has 0 bridgehead atoms. The van der Waals surface area contributed by atoms with E-state index in [4.69, 9.17) is 17.0 Å². The average Bonchev–Trinajstić information content (AvgIpc) is 3.06. The monoisotopic (exact) mass is 375 g/mol.